The fourth-order valence-electron chi connectivity index (χ4n) is 1.02. The summed E-state index contributed by atoms with van der Waals surface area (Å²) in [4.78, 5) is 21.5. The van der Waals surface area contributed by atoms with Gasteiger partial charge in [-0.1, -0.05) is 0 Å². The van der Waals surface area contributed by atoms with Gasteiger partial charge in [-0.25, -0.2) is 0 Å². The molecule has 0 aliphatic carbocycles. The molecule has 7 N–H and O–H groups in total. The van der Waals surface area contributed by atoms with Crippen LogP contribution in [0.2, 0.25) is 0 Å². The zero-order chi connectivity index (χ0) is 10.9. The summed E-state index contributed by atoms with van der Waals surface area (Å²) >= 11 is 0. The van der Waals surface area contributed by atoms with Gasteiger partial charge < -0.3 is 22.3 Å². The Balaban J connectivity index is 3.38. The summed E-state index contributed by atoms with van der Waals surface area (Å²) in [6.45, 7) is 0. The summed E-state index contributed by atoms with van der Waals surface area (Å²) in [6.07, 6.45) is 0. The van der Waals surface area contributed by atoms with Gasteiger partial charge in [0.25, 0.3) is 11.8 Å². The van der Waals surface area contributed by atoms with E-state index in [-0.39, 0.29) is 16.8 Å². The molecular formula is C8H9N3O3. The highest BCUT2D eigenvalue weighted by Gasteiger charge is 2.13. The fraction of sp³-hybridized carbons (Fsp3) is 0. The first-order chi connectivity index (χ1) is 6.43. The monoisotopic (exact) mass is 195 g/mol. The molecule has 0 heterocycles. The van der Waals surface area contributed by atoms with Crippen molar-refractivity contribution in [3.8, 4) is 5.75 Å². The standard InChI is InChI=1S/C8H9N3O3/c9-5-1-4(8(11)14)6(12)2-3(5)7(10)13/h1-2,12H,9H2,(H2,10,13)(H2,11,14). The van der Waals surface area contributed by atoms with Gasteiger partial charge in [-0.2, -0.15) is 0 Å². The summed E-state index contributed by atoms with van der Waals surface area (Å²) in [5, 5.41) is 9.27. The summed E-state index contributed by atoms with van der Waals surface area (Å²) in [7, 11) is 0. The first-order valence-corrected chi connectivity index (χ1v) is 3.65. The molecule has 1 aromatic rings. The van der Waals surface area contributed by atoms with Crippen LogP contribution >= 0.6 is 0 Å². The van der Waals surface area contributed by atoms with Crippen molar-refractivity contribution in [3.05, 3.63) is 23.3 Å². The molecule has 0 fully saturated rings. The number of amides is 2. The first kappa shape index (κ1) is 9.85. The Hall–Kier alpha value is -2.24. The van der Waals surface area contributed by atoms with Crippen molar-refractivity contribution in [2.24, 2.45) is 11.5 Å². The zero-order valence-corrected chi connectivity index (χ0v) is 7.15. The predicted molar refractivity (Wildman–Crippen MR) is 49.6 cm³/mol. The molecule has 6 nitrogen and oxygen atoms in total. The van der Waals surface area contributed by atoms with Crippen LogP contribution in [0.1, 0.15) is 20.7 Å². The Bertz CT molecular complexity index is 375. The van der Waals surface area contributed by atoms with E-state index in [0.717, 1.165) is 12.1 Å². The van der Waals surface area contributed by atoms with Crippen molar-refractivity contribution in [3.63, 3.8) is 0 Å². The molecule has 0 unspecified atom stereocenters. The second kappa shape index (κ2) is 3.25. The van der Waals surface area contributed by atoms with Crippen molar-refractivity contribution in [1.29, 1.82) is 0 Å². The Morgan fingerprint density at radius 2 is 1.57 bits per heavy atom. The topological polar surface area (TPSA) is 132 Å². The second-order valence-corrected chi connectivity index (χ2v) is 2.69. The fourth-order valence-corrected chi connectivity index (χ4v) is 1.02. The lowest BCUT2D eigenvalue weighted by Gasteiger charge is -2.05. The third kappa shape index (κ3) is 1.58. The lowest BCUT2D eigenvalue weighted by Crippen LogP contribution is -2.16. The van der Waals surface area contributed by atoms with E-state index in [4.69, 9.17) is 17.2 Å². The minimum atomic E-state index is -0.828. The van der Waals surface area contributed by atoms with Crippen molar-refractivity contribution < 1.29 is 14.7 Å². The first-order valence-electron chi connectivity index (χ1n) is 3.65. The van der Waals surface area contributed by atoms with Crippen LogP contribution in [0.5, 0.6) is 5.75 Å². The van der Waals surface area contributed by atoms with Gasteiger partial charge in [-0.15, -0.1) is 0 Å². The molecule has 0 bridgehead atoms. The van der Waals surface area contributed by atoms with E-state index in [2.05, 4.69) is 0 Å². The number of benzene rings is 1. The number of nitrogen functional groups attached to an aromatic ring is 1. The van der Waals surface area contributed by atoms with Crippen LogP contribution in [0.15, 0.2) is 12.1 Å². The summed E-state index contributed by atoms with van der Waals surface area (Å²) in [5.74, 6) is -2.03. The molecule has 0 saturated heterocycles. The van der Waals surface area contributed by atoms with E-state index in [1.54, 1.807) is 0 Å². The molecule has 0 aliphatic heterocycles. The maximum absolute atomic E-state index is 10.8. The molecule has 14 heavy (non-hydrogen) atoms. The van der Waals surface area contributed by atoms with Crippen molar-refractivity contribution in [2.45, 2.75) is 0 Å². The van der Waals surface area contributed by atoms with Gasteiger partial charge in [0, 0.05) is 5.69 Å². The van der Waals surface area contributed by atoms with Crippen LogP contribution in [0.3, 0.4) is 0 Å². The number of primary amides is 2. The number of rotatable bonds is 2. The summed E-state index contributed by atoms with van der Waals surface area (Å²) in [6, 6.07) is 2.12. The average Bonchev–Trinajstić information content (AvgIpc) is 2.07. The average molecular weight is 195 g/mol. The second-order valence-electron chi connectivity index (χ2n) is 2.69. The lowest BCUT2D eigenvalue weighted by atomic mass is 10.1. The molecule has 0 saturated carbocycles. The number of phenols is 1. The highest BCUT2D eigenvalue weighted by Crippen LogP contribution is 2.23. The third-order valence-corrected chi connectivity index (χ3v) is 1.70. The Kier molecular flexibility index (Phi) is 2.29. The van der Waals surface area contributed by atoms with E-state index in [1.165, 1.54) is 0 Å². The molecule has 1 aromatic carbocycles. The highest BCUT2D eigenvalue weighted by atomic mass is 16.3. The van der Waals surface area contributed by atoms with Crippen LogP contribution in [0.4, 0.5) is 5.69 Å². The van der Waals surface area contributed by atoms with Crippen LogP contribution in [0.25, 0.3) is 0 Å². The Labute approximate surface area is 79.3 Å². The largest absolute Gasteiger partial charge is 0.507 e. The Morgan fingerprint density at radius 1 is 1.07 bits per heavy atom. The van der Waals surface area contributed by atoms with Gasteiger partial charge in [0.05, 0.1) is 11.1 Å². The predicted octanol–water partition coefficient (Wildman–Crippen LogP) is -0.828. The number of hydrogen-bond acceptors (Lipinski definition) is 4. The molecule has 0 spiro atoms. The maximum Gasteiger partial charge on any atom is 0.252 e. The van der Waals surface area contributed by atoms with Gasteiger partial charge in [0.15, 0.2) is 0 Å². The van der Waals surface area contributed by atoms with E-state index in [0.29, 0.717) is 0 Å². The van der Waals surface area contributed by atoms with Crippen molar-refractivity contribution >= 4 is 17.5 Å². The smallest absolute Gasteiger partial charge is 0.252 e. The zero-order valence-electron chi connectivity index (χ0n) is 7.15. The molecule has 0 aliphatic rings. The minimum Gasteiger partial charge on any atom is -0.507 e. The summed E-state index contributed by atoms with van der Waals surface area (Å²) < 4.78 is 0. The van der Waals surface area contributed by atoms with Crippen LogP contribution in [-0.4, -0.2) is 16.9 Å². The van der Waals surface area contributed by atoms with E-state index in [9.17, 15) is 14.7 Å². The lowest BCUT2D eigenvalue weighted by molar-refractivity contribution is 0.0986. The SMILES string of the molecule is NC(=O)c1cc(O)c(C(N)=O)cc1N. The van der Waals surface area contributed by atoms with E-state index >= 15 is 0 Å². The van der Waals surface area contributed by atoms with Gasteiger partial charge in [-0.3, -0.25) is 9.59 Å². The molecular weight excluding hydrogens is 186 g/mol. The van der Waals surface area contributed by atoms with Crippen LogP contribution in [-0.2, 0) is 0 Å². The molecule has 0 atom stereocenters. The van der Waals surface area contributed by atoms with E-state index in [1.807, 2.05) is 0 Å². The number of carbonyl (C=O) groups excluding carboxylic acids is 2. The number of carbonyl (C=O) groups is 2. The van der Waals surface area contributed by atoms with Crippen molar-refractivity contribution in [1.82, 2.24) is 0 Å². The molecule has 0 radical (unpaired) electrons. The van der Waals surface area contributed by atoms with Crippen LogP contribution in [0, 0.1) is 0 Å². The number of aromatic hydroxyl groups is 1. The van der Waals surface area contributed by atoms with Gasteiger partial charge in [0.1, 0.15) is 5.75 Å². The quantitative estimate of drug-likeness (QED) is 0.362. The van der Waals surface area contributed by atoms with Crippen LogP contribution < -0.4 is 17.2 Å². The highest BCUT2D eigenvalue weighted by molar-refractivity contribution is 6.03. The van der Waals surface area contributed by atoms with Gasteiger partial charge in [-0.05, 0) is 12.1 Å². The molecule has 6 heteroatoms. The van der Waals surface area contributed by atoms with Gasteiger partial charge in [0.2, 0.25) is 0 Å². The number of anilines is 1. The normalized spacial score (nSPS) is 9.71. The molecule has 74 valence electrons. The Morgan fingerprint density at radius 3 is 2.00 bits per heavy atom. The molecule has 1 rings (SSSR count). The molecule has 2 amide bonds. The van der Waals surface area contributed by atoms with Crippen molar-refractivity contribution in [2.75, 3.05) is 5.73 Å². The summed E-state index contributed by atoms with van der Waals surface area (Å²) in [5.41, 5.74) is 15.1. The minimum absolute atomic E-state index is 0.00380. The number of hydrogen-bond donors (Lipinski definition) is 4. The third-order valence-electron chi connectivity index (χ3n) is 1.70. The van der Waals surface area contributed by atoms with Gasteiger partial charge >= 0.3 is 0 Å². The number of nitrogens with two attached hydrogens (primary N) is 3. The van der Waals surface area contributed by atoms with E-state index < -0.39 is 17.6 Å². The maximum atomic E-state index is 10.8. The molecule has 0 aromatic heterocycles.